The molecule has 4 rings (SSSR count). The van der Waals surface area contributed by atoms with Crippen molar-refractivity contribution in [2.24, 2.45) is 5.92 Å². The lowest BCUT2D eigenvalue weighted by Gasteiger charge is -2.50. The van der Waals surface area contributed by atoms with Crippen LogP contribution in [0.4, 0.5) is 4.39 Å². The predicted molar refractivity (Wildman–Crippen MR) is 103 cm³/mol. The number of hydrogen-bond donors (Lipinski definition) is 2. The van der Waals surface area contributed by atoms with Crippen molar-refractivity contribution in [1.82, 2.24) is 0 Å². The maximum atomic E-state index is 13.7. The van der Waals surface area contributed by atoms with Crippen LogP contribution in [0, 0.1) is 11.7 Å². The van der Waals surface area contributed by atoms with Crippen LogP contribution in [0.2, 0.25) is 0 Å². The van der Waals surface area contributed by atoms with Crippen LogP contribution in [-0.2, 0) is 6.54 Å². The fraction of sp³-hybridized carbons (Fsp3) is 0.478. The molecule has 2 aromatic rings. The molecule has 4 heteroatoms. The van der Waals surface area contributed by atoms with Crippen LogP contribution in [0.1, 0.15) is 49.3 Å². The first kappa shape index (κ1) is 18.5. The van der Waals surface area contributed by atoms with E-state index in [4.69, 9.17) is 4.74 Å². The molecule has 0 radical (unpaired) electrons. The Morgan fingerprint density at radius 2 is 1.96 bits per heavy atom. The van der Waals surface area contributed by atoms with Crippen LogP contribution < -0.4 is 9.64 Å². The number of rotatable bonds is 4. The van der Waals surface area contributed by atoms with Crippen LogP contribution in [0.3, 0.4) is 0 Å². The van der Waals surface area contributed by atoms with Gasteiger partial charge in [0.15, 0.2) is 0 Å². The second-order valence-electron chi connectivity index (χ2n) is 8.17. The largest absolute Gasteiger partial charge is 0.497 e. The van der Waals surface area contributed by atoms with Crippen LogP contribution in [-0.4, -0.2) is 24.4 Å². The number of nitrogens with one attached hydrogen (secondary N) is 1. The second-order valence-corrected chi connectivity index (χ2v) is 8.17. The molecule has 2 aliphatic rings. The lowest BCUT2D eigenvalue weighted by atomic mass is 9.66. The van der Waals surface area contributed by atoms with Crippen molar-refractivity contribution >= 4 is 0 Å². The van der Waals surface area contributed by atoms with Crippen LogP contribution in [0.25, 0.3) is 0 Å². The van der Waals surface area contributed by atoms with Gasteiger partial charge in [0.05, 0.1) is 19.3 Å². The molecule has 2 fully saturated rings. The zero-order valence-corrected chi connectivity index (χ0v) is 16.0. The van der Waals surface area contributed by atoms with Crippen molar-refractivity contribution < 1.29 is 19.1 Å². The first-order valence-electron chi connectivity index (χ1n) is 10.0. The number of piperidine rings is 1. The van der Waals surface area contributed by atoms with Crippen LogP contribution >= 0.6 is 0 Å². The Labute approximate surface area is 160 Å². The van der Waals surface area contributed by atoms with E-state index in [2.05, 4.69) is 12.1 Å². The summed E-state index contributed by atoms with van der Waals surface area (Å²) in [7, 11) is 1.68. The topological polar surface area (TPSA) is 33.9 Å². The van der Waals surface area contributed by atoms with Gasteiger partial charge in [0, 0.05) is 23.5 Å². The number of methoxy groups -OCH3 is 1. The molecule has 27 heavy (non-hydrogen) atoms. The molecule has 1 heterocycles. The highest BCUT2D eigenvalue weighted by atomic mass is 19.1. The molecule has 0 spiro atoms. The van der Waals surface area contributed by atoms with Crippen LogP contribution in [0.5, 0.6) is 5.75 Å². The zero-order chi connectivity index (χ0) is 18.9. The lowest BCUT2D eigenvalue weighted by Crippen LogP contribution is -3.13. The molecule has 1 saturated heterocycles. The third-order valence-electron chi connectivity index (χ3n) is 6.58. The Morgan fingerprint density at radius 1 is 1.15 bits per heavy atom. The number of fused-ring (bicyclic) bond motifs is 1. The van der Waals surface area contributed by atoms with Crippen molar-refractivity contribution in [2.75, 3.05) is 13.7 Å². The monoisotopic (exact) mass is 370 g/mol. The number of ether oxygens (including phenoxy) is 1. The average Bonchev–Trinajstić information content (AvgIpc) is 2.68. The standard InChI is InChI=1S/C23H28FNO2/c1-27-20-10-8-18(9-11-20)22-21-7-2-3-12-23(21,26)13-14-25(22)16-17-5-4-6-19(24)15-17/h4-6,8-11,15,21-22,26H,2-3,7,12-14,16H2,1H3/p+1/t21-,22-,23+/m1/s1. The average molecular weight is 370 g/mol. The Kier molecular flexibility index (Phi) is 5.20. The molecule has 2 N–H and O–H groups in total. The van der Waals surface area contributed by atoms with E-state index >= 15 is 0 Å². The van der Waals surface area contributed by atoms with E-state index in [-0.39, 0.29) is 17.8 Å². The molecular weight excluding hydrogens is 341 g/mol. The molecular formula is C23H29FNO2+. The number of benzene rings is 2. The first-order valence-corrected chi connectivity index (χ1v) is 10.0. The summed E-state index contributed by atoms with van der Waals surface area (Å²) < 4.78 is 19.0. The summed E-state index contributed by atoms with van der Waals surface area (Å²) in [5, 5.41) is 11.4. The summed E-state index contributed by atoms with van der Waals surface area (Å²) in [4.78, 5) is 1.42. The zero-order valence-electron chi connectivity index (χ0n) is 16.0. The minimum Gasteiger partial charge on any atom is -0.497 e. The SMILES string of the molecule is COc1ccc([C@@H]2[C@H]3CCCC[C@]3(O)CC[NH+]2Cc2cccc(F)c2)cc1. The third-order valence-corrected chi connectivity index (χ3v) is 6.58. The minimum absolute atomic E-state index is 0.181. The van der Waals surface area contributed by atoms with E-state index in [0.29, 0.717) is 0 Å². The van der Waals surface area contributed by atoms with Crippen LogP contribution in [0.15, 0.2) is 48.5 Å². The first-order chi connectivity index (χ1) is 13.1. The fourth-order valence-corrected chi connectivity index (χ4v) is 5.24. The van der Waals surface area contributed by atoms with Crippen molar-refractivity contribution in [2.45, 2.75) is 50.3 Å². The number of likely N-dealkylation sites (tertiary alicyclic amines) is 1. The molecule has 3 nitrogen and oxygen atoms in total. The normalized spacial score (nSPS) is 30.6. The minimum atomic E-state index is -0.561. The molecule has 1 aliphatic carbocycles. The number of hydrogen-bond acceptors (Lipinski definition) is 2. The van der Waals surface area contributed by atoms with Crippen molar-refractivity contribution in [1.29, 1.82) is 0 Å². The molecule has 1 unspecified atom stereocenters. The van der Waals surface area contributed by atoms with Gasteiger partial charge in [0.1, 0.15) is 24.2 Å². The lowest BCUT2D eigenvalue weighted by molar-refractivity contribution is -0.958. The Bertz CT molecular complexity index is 778. The highest BCUT2D eigenvalue weighted by Crippen LogP contribution is 2.44. The summed E-state index contributed by atoms with van der Waals surface area (Å²) in [6.07, 6.45) is 5.07. The van der Waals surface area contributed by atoms with E-state index in [9.17, 15) is 9.50 Å². The maximum absolute atomic E-state index is 13.7. The van der Waals surface area contributed by atoms with Gasteiger partial charge >= 0.3 is 0 Å². The Morgan fingerprint density at radius 3 is 2.70 bits per heavy atom. The van der Waals surface area contributed by atoms with Gasteiger partial charge in [-0.3, -0.25) is 0 Å². The number of quaternary nitrogens is 1. The Balaban J connectivity index is 1.67. The van der Waals surface area contributed by atoms with E-state index in [1.807, 2.05) is 18.2 Å². The molecule has 2 aromatic carbocycles. The molecule has 1 saturated carbocycles. The fourth-order valence-electron chi connectivity index (χ4n) is 5.24. The second kappa shape index (κ2) is 7.61. The maximum Gasteiger partial charge on any atom is 0.123 e. The summed E-state index contributed by atoms with van der Waals surface area (Å²) in [6, 6.07) is 15.4. The smallest absolute Gasteiger partial charge is 0.123 e. The van der Waals surface area contributed by atoms with E-state index in [0.717, 1.165) is 50.1 Å². The summed E-state index contributed by atoms with van der Waals surface area (Å²) in [5.41, 5.74) is 1.70. The number of halogens is 1. The van der Waals surface area contributed by atoms with Crippen molar-refractivity contribution in [3.63, 3.8) is 0 Å². The number of aliphatic hydroxyl groups is 1. The summed E-state index contributed by atoms with van der Waals surface area (Å²) in [6.45, 7) is 1.68. The van der Waals surface area contributed by atoms with Gasteiger partial charge in [0.25, 0.3) is 0 Å². The third kappa shape index (κ3) is 3.74. The molecule has 0 aromatic heterocycles. The quantitative estimate of drug-likeness (QED) is 0.866. The highest BCUT2D eigenvalue weighted by Gasteiger charge is 2.51. The van der Waals surface area contributed by atoms with E-state index in [1.165, 1.54) is 23.0 Å². The highest BCUT2D eigenvalue weighted by molar-refractivity contribution is 5.29. The van der Waals surface area contributed by atoms with E-state index in [1.54, 1.807) is 19.2 Å². The predicted octanol–water partition coefficient (Wildman–Crippen LogP) is 3.29. The van der Waals surface area contributed by atoms with Gasteiger partial charge in [-0.15, -0.1) is 0 Å². The van der Waals surface area contributed by atoms with Gasteiger partial charge in [-0.1, -0.05) is 25.0 Å². The van der Waals surface area contributed by atoms with Gasteiger partial charge in [-0.25, -0.2) is 4.39 Å². The van der Waals surface area contributed by atoms with Crippen molar-refractivity contribution in [3.05, 3.63) is 65.5 Å². The summed E-state index contributed by atoms with van der Waals surface area (Å²) in [5.74, 6) is 0.913. The van der Waals surface area contributed by atoms with Gasteiger partial charge in [-0.05, 0) is 49.2 Å². The molecule has 144 valence electrons. The van der Waals surface area contributed by atoms with Gasteiger partial charge in [-0.2, -0.15) is 0 Å². The van der Waals surface area contributed by atoms with Gasteiger partial charge in [0.2, 0.25) is 0 Å². The molecule has 1 aliphatic heterocycles. The Hall–Kier alpha value is -1.91. The van der Waals surface area contributed by atoms with E-state index < -0.39 is 5.60 Å². The molecule has 0 bridgehead atoms. The summed E-state index contributed by atoms with van der Waals surface area (Å²) >= 11 is 0. The molecule has 0 amide bonds. The van der Waals surface area contributed by atoms with Gasteiger partial charge < -0.3 is 14.7 Å². The van der Waals surface area contributed by atoms with Crippen molar-refractivity contribution in [3.8, 4) is 5.75 Å². The molecule has 4 atom stereocenters.